The molecule has 2 N–H and O–H groups in total. The lowest BCUT2D eigenvalue weighted by Gasteiger charge is -2.15. The van der Waals surface area contributed by atoms with Gasteiger partial charge in [-0.2, -0.15) is 5.26 Å². The van der Waals surface area contributed by atoms with E-state index in [9.17, 15) is 9.50 Å². The molecule has 1 rings (SSSR count). The highest BCUT2D eigenvalue weighted by Gasteiger charge is 2.21. The smallest absolute Gasteiger partial charge is 0.170 e. The highest BCUT2D eigenvalue weighted by molar-refractivity contribution is 6.32. The van der Waals surface area contributed by atoms with Gasteiger partial charge in [0.05, 0.1) is 11.1 Å². The minimum absolute atomic E-state index is 0.0248. The van der Waals surface area contributed by atoms with E-state index in [0.717, 1.165) is 6.07 Å². The van der Waals surface area contributed by atoms with Crippen LogP contribution in [0.5, 0.6) is 0 Å². The maximum atomic E-state index is 13.0. The van der Waals surface area contributed by atoms with Crippen LogP contribution in [0.15, 0.2) is 12.1 Å². The van der Waals surface area contributed by atoms with Crippen molar-refractivity contribution < 1.29 is 14.6 Å². The first-order valence-electron chi connectivity index (χ1n) is 4.19. The largest absolute Gasteiger partial charge is 0.384 e. The molecule has 80 valence electrons. The zero-order valence-electron chi connectivity index (χ0n) is 7.91. The van der Waals surface area contributed by atoms with Crippen molar-refractivity contribution in [3.63, 3.8) is 0 Å². The summed E-state index contributed by atoms with van der Waals surface area (Å²) < 4.78 is 13.0. The number of hydrogen-bond donors (Lipinski definition) is 2. The predicted molar refractivity (Wildman–Crippen MR) is 52.7 cm³/mol. The summed E-state index contributed by atoms with van der Waals surface area (Å²) in [5.41, 5.74) is 0.322. The Balaban J connectivity index is 3.17. The second kappa shape index (κ2) is 4.58. The van der Waals surface area contributed by atoms with Gasteiger partial charge in [0.1, 0.15) is 11.9 Å². The molecule has 0 aliphatic rings. The van der Waals surface area contributed by atoms with E-state index < -0.39 is 18.0 Å². The molecule has 1 aromatic carbocycles. The molecule has 1 aromatic rings. The number of hydrogen-bond acceptors (Lipinski definition) is 3. The van der Waals surface area contributed by atoms with Gasteiger partial charge < -0.3 is 10.2 Å². The van der Waals surface area contributed by atoms with Gasteiger partial charge in [0, 0.05) is 11.1 Å². The molecule has 5 heteroatoms. The summed E-state index contributed by atoms with van der Waals surface area (Å²) in [6, 6.07) is 3.85. The zero-order valence-corrected chi connectivity index (χ0v) is 8.66. The first kappa shape index (κ1) is 11.9. The van der Waals surface area contributed by atoms with E-state index in [1.165, 1.54) is 19.1 Å². The Labute approximate surface area is 91.3 Å². The molecule has 0 saturated heterocycles. The van der Waals surface area contributed by atoms with E-state index >= 15 is 0 Å². The number of benzene rings is 1. The van der Waals surface area contributed by atoms with Crippen LogP contribution in [0.1, 0.15) is 17.2 Å². The van der Waals surface area contributed by atoms with E-state index in [-0.39, 0.29) is 16.1 Å². The third-order valence-electron chi connectivity index (χ3n) is 2.10. The maximum Gasteiger partial charge on any atom is 0.170 e. The standard InChI is InChI=1S/C10H9ClFNO2/c1-5-7(12)3-2-6(9(5)11)10(15)8(14)4-13/h2-3,8,10,14-15H,1H3. The van der Waals surface area contributed by atoms with Crippen molar-refractivity contribution in [2.45, 2.75) is 19.1 Å². The molecule has 0 amide bonds. The Kier molecular flexibility index (Phi) is 3.64. The van der Waals surface area contributed by atoms with Gasteiger partial charge in [0.25, 0.3) is 0 Å². The average Bonchev–Trinajstić information content (AvgIpc) is 2.24. The first-order valence-corrected chi connectivity index (χ1v) is 4.57. The summed E-state index contributed by atoms with van der Waals surface area (Å²) in [5.74, 6) is -0.498. The first-order chi connectivity index (χ1) is 6.99. The number of aliphatic hydroxyl groups excluding tert-OH is 2. The van der Waals surface area contributed by atoms with Crippen molar-refractivity contribution in [2.24, 2.45) is 0 Å². The molecule has 3 nitrogen and oxygen atoms in total. The number of nitrogens with zero attached hydrogens (tertiary/aromatic N) is 1. The number of rotatable bonds is 2. The van der Waals surface area contributed by atoms with Crippen LogP contribution in [0.25, 0.3) is 0 Å². The van der Waals surface area contributed by atoms with Gasteiger partial charge in [-0.25, -0.2) is 4.39 Å². The van der Waals surface area contributed by atoms with Gasteiger partial charge in [-0.3, -0.25) is 0 Å². The lowest BCUT2D eigenvalue weighted by atomic mass is 10.0. The van der Waals surface area contributed by atoms with Gasteiger partial charge in [0.15, 0.2) is 6.10 Å². The fraction of sp³-hybridized carbons (Fsp3) is 0.300. The second-order valence-corrected chi connectivity index (χ2v) is 3.47. The van der Waals surface area contributed by atoms with Crippen molar-refractivity contribution in [1.82, 2.24) is 0 Å². The summed E-state index contributed by atoms with van der Waals surface area (Å²) in [4.78, 5) is 0. The van der Waals surface area contributed by atoms with Crippen LogP contribution in [0.3, 0.4) is 0 Å². The van der Waals surface area contributed by atoms with Gasteiger partial charge in [-0.1, -0.05) is 17.7 Å². The Morgan fingerprint density at radius 1 is 1.47 bits per heavy atom. The molecule has 15 heavy (non-hydrogen) atoms. The molecule has 0 saturated carbocycles. The number of halogens is 2. The van der Waals surface area contributed by atoms with E-state index in [0.29, 0.717) is 0 Å². The van der Waals surface area contributed by atoms with Crippen LogP contribution in [0.4, 0.5) is 4.39 Å². The predicted octanol–water partition coefficient (Wildman–Crippen LogP) is 1.71. The van der Waals surface area contributed by atoms with Crippen LogP contribution < -0.4 is 0 Å². The normalized spacial score (nSPS) is 14.4. The summed E-state index contributed by atoms with van der Waals surface area (Å²) in [6.07, 6.45) is -3.01. The van der Waals surface area contributed by atoms with Crippen LogP contribution in [0.2, 0.25) is 5.02 Å². The highest BCUT2D eigenvalue weighted by Crippen LogP contribution is 2.29. The number of aliphatic hydroxyl groups is 2. The van der Waals surface area contributed by atoms with Crippen molar-refractivity contribution >= 4 is 11.6 Å². The topological polar surface area (TPSA) is 64.2 Å². The third-order valence-corrected chi connectivity index (χ3v) is 2.60. The Morgan fingerprint density at radius 2 is 2.07 bits per heavy atom. The zero-order chi connectivity index (χ0) is 11.6. The van der Waals surface area contributed by atoms with Crippen molar-refractivity contribution in [3.05, 3.63) is 34.1 Å². The molecule has 0 aliphatic heterocycles. The summed E-state index contributed by atoms with van der Waals surface area (Å²) in [5, 5.41) is 27.0. The van der Waals surface area contributed by atoms with Crippen LogP contribution in [-0.2, 0) is 0 Å². The molecule has 0 aliphatic carbocycles. The van der Waals surface area contributed by atoms with Gasteiger partial charge >= 0.3 is 0 Å². The van der Waals surface area contributed by atoms with Crippen LogP contribution >= 0.6 is 11.6 Å². The molecule has 0 spiro atoms. The van der Waals surface area contributed by atoms with Crippen molar-refractivity contribution in [1.29, 1.82) is 5.26 Å². The molecule has 0 heterocycles. The fourth-order valence-corrected chi connectivity index (χ4v) is 1.42. The lowest BCUT2D eigenvalue weighted by Crippen LogP contribution is -2.16. The molecule has 2 atom stereocenters. The Hall–Kier alpha value is -1.15. The second-order valence-electron chi connectivity index (χ2n) is 3.09. The average molecular weight is 230 g/mol. The molecular weight excluding hydrogens is 221 g/mol. The molecule has 0 aromatic heterocycles. The van der Waals surface area contributed by atoms with E-state index in [4.69, 9.17) is 22.0 Å². The maximum absolute atomic E-state index is 13.0. The van der Waals surface area contributed by atoms with Gasteiger partial charge in [0.2, 0.25) is 0 Å². The summed E-state index contributed by atoms with van der Waals surface area (Å²) in [6.45, 7) is 1.45. The SMILES string of the molecule is Cc1c(F)ccc(C(O)C(O)C#N)c1Cl. The van der Waals surface area contributed by atoms with Crippen LogP contribution in [-0.4, -0.2) is 16.3 Å². The minimum atomic E-state index is -1.58. The Bertz CT molecular complexity index is 417. The minimum Gasteiger partial charge on any atom is -0.384 e. The highest BCUT2D eigenvalue weighted by atomic mass is 35.5. The van der Waals surface area contributed by atoms with E-state index in [1.54, 1.807) is 0 Å². The lowest BCUT2D eigenvalue weighted by molar-refractivity contribution is 0.0528. The van der Waals surface area contributed by atoms with Crippen LogP contribution in [0, 0.1) is 24.1 Å². The molecule has 0 fully saturated rings. The molecule has 2 unspecified atom stereocenters. The molecule has 0 bridgehead atoms. The molecular formula is C10H9ClFNO2. The Morgan fingerprint density at radius 3 is 2.60 bits per heavy atom. The summed E-state index contributed by atoms with van der Waals surface area (Å²) >= 11 is 5.77. The summed E-state index contributed by atoms with van der Waals surface area (Å²) in [7, 11) is 0. The van der Waals surface area contributed by atoms with Crippen molar-refractivity contribution in [3.8, 4) is 6.07 Å². The molecule has 0 radical (unpaired) electrons. The quantitative estimate of drug-likeness (QED) is 0.759. The van der Waals surface area contributed by atoms with Crippen molar-refractivity contribution in [2.75, 3.05) is 0 Å². The number of nitriles is 1. The van der Waals surface area contributed by atoms with E-state index in [1.807, 2.05) is 0 Å². The van der Waals surface area contributed by atoms with Gasteiger partial charge in [-0.05, 0) is 13.0 Å². The third kappa shape index (κ3) is 2.26. The van der Waals surface area contributed by atoms with E-state index in [2.05, 4.69) is 0 Å². The fourth-order valence-electron chi connectivity index (χ4n) is 1.15. The van der Waals surface area contributed by atoms with Gasteiger partial charge in [-0.15, -0.1) is 0 Å². The monoisotopic (exact) mass is 229 g/mol.